The van der Waals surface area contributed by atoms with E-state index >= 15 is 0 Å². The molecule has 0 radical (unpaired) electrons. The predicted molar refractivity (Wildman–Crippen MR) is 111 cm³/mol. The number of nitrogens with one attached hydrogen (secondary N) is 1. The first kappa shape index (κ1) is 19.6. The summed E-state index contributed by atoms with van der Waals surface area (Å²) in [6.07, 6.45) is 0. The van der Waals surface area contributed by atoms with Crippen molar-refractivity contribution < 1.29 is 14.3 Å². The van der Waals surface area contributed by atoms with E-state index in [0.717, 1.165) is 16.1 Å². The Morgan fingerprint density at radius 2 is 1.96 bits per heavy atom. The minimum atomic E-state index is -0.283. The molecule has 0 fully saturated rings. The molecule has 144 valence electrons. The minimum Gasteiger partial charge on any atom is -0.496 e. The Bertz CT molecular complexity index is 1000. The van der Waals surface area contributed by atoms with Gasteiger partial charge in [0.2, 0.25) is 5.91 Å². The maximum absolute atomic E-state index is 12.6. The fourth-order valence-electron chi connectivity index (χ4n) is 2.65. The number of carbonyl (C=O) groups excluding carboxylic acids is 2. The Morgan fingerprint density at radius 3 is 2.71 bits per heavy atom. The van der Waals surface area contributed by atoms with Gasteiger partial charge in [-0.1, -0.05) is 24.3 Å². The van der Waals surface area contributed by atoms with Crippen molar-refractivity contribution >= 4 is 28.8 Å². The molecular weight excluding hydrogens is 374 g/mol. The van der Waals surface area contributed by atoms with Gasteiger partial charge in [-0.15, -0.1) is 11.3 Å². The van der Waals surface area contributed by atoms with E-state index in [-0.39, 0.29) is 11.8 Å². The van der Waals surface area contributed by atoms with E-state index < -0.39 is 0 Å². The number of aromatic nitrogens is 1. The largest absolute Gasteiger partial charge is 0.496 e. The molecule has 0 aliphatic heterocycles. The molecule has 1 N–H and O–H groups in total. The summed E-state index contributed by atoms with van der Waals surface area (Å²) in [5.74, 6) is 0.418. The second-order valence-electron chi connectivity index (χ2n) is 6.27. The fraction of sp³-hybridized carbons (Fsp3) is 0.190. The molecule has 0 saturated carbocycles. The van der Waals surface area contributed by atoms with Crippen LogP contribution >= 0.6 is 11.3 Å². The molecule has 0 aliphatic carbocycles. The number of methoxy groups -OCH3 is 1. The number of para-hydroxylation sites is 1. The number of thiazole rings is 1. The van der Waals surface area contributed by atoms with E-state index in [1.807, 2.05) is 48.5 Å². The fourth-order valence-corrected chi connectivity index (χ4v) is 3.48. The maximum Gasteiger partial charge on any atom is 0.275 e. The summed E-state index contributed by atoms with van der Waals surface area (Å²) in [5.41, 5.74) is 2.79. The molecule has 1 heterocycles. The van der Waals surface area contributed by atoms with Crippen LogP contribution in [0.3, 0.4) is 0 Å². The van der Waals surface area contributed by atoms with Crippen LogP contribution in [0.4, 0.5) is 5.69 Å². The SMILES string of the molecule is COc1ccccc1-c1nc(C(=O)Nc2cccc(CN(C)C(C)=O)c2)cs1. The molecule has 0 atom stereocenters. The number of rotatable bonds is 6. The van der Waals surface area contributed by atoms with Gasteiger partial charge in [-0.25, -0.2) is 4.98 Å². The second kappa shape index (κ2) is 8.67. The van der Waals surface area contributed by atoms with Crippen molar-refractivity contribution in [3.63, 3.8) is 0 Å². The Morgan fingerprint density at radius 1 is 1.18 bits per heavy atom. The van der Waals surface area contributed by atoms with Crippen LogP contribution in [-0.2, 0) is 11.3 Å². The summed E-state index contributed by atoms with van der Waals surface area (Å²) in [7, 11) is 3.35. The van der Waals surface area contributed by atoms with Crippen molar-refractivity contribution in [2.75, 3.05) is 19.5 Å². The van der Waals surface area contributed by atoms with Gasteiger partial charge in [0.1, 0.15) is 16.5 Å². The summed E-state index contributed by atoms with van der Waals surface area (Å²) in [4.78, 5) is 30.1. The lowest BCUT2D eigenvalue weighted by atomic mass is 10.2. The van der Waals surface area contributed by atoms with Gasteiger partial charge in [-0.3, -0.25) is 9.59 Å². The number of amides is 2. The summed E-state index contributed by atoms with van der Waals surface area (Å²) in [5, 5.41) is 5.31. The molecule has 28 heavy (non-hydrogen) atoms. The van der Waals surface area contributed by atoms with Crippen molar-refractivity contribution in [2.45, 2.75) is 13.5 Å². The highest BCUT2D eigenvalue weighted by Gasteiger charge is 2.15. The molecule has 3 aromatic rings. The Hall–Kier alpha value is -3.19. The quantitative estimate of drug-likeness (QED) is 0.683. The van der Waals surface area contributed by atoms with E-state index in [2.05, 4.69) is 10.3 Å². The first-order valence-corrected chi connectivity index (χ1v) is 9.57. The lowest BCUT2D eigenvalue weighted by molar-refractivity contribution is -0.128. The topological polar surface area (TPSA) is 71.5 Å². The molecule has 2 amide bonds. The van der Waals surface area contributed by atoms with Gasteiger partial charge in [0.25, 0.3) is 5.91 Å². The molecule has 7 heteroatoms. The van der Waals surface area contributed by atoms with Crippen LogP contribution in [0.15, 0.2) is 53.9 Å². The zero-order chi connectivity index (χ0) is 20.1. The highest BCUT2D eigenvalue weighted by Crippen LogP contribution is 2.32. The Kier molecular flexibility index (Phi) is 6.06. The molecule has 6 nitrogen and oxygen atoms in total. The molecule has 0 saturated heterocycles. The third kappa shape index (κ3) is 4.55. The number of anilines is 1. The average Bonchev–Trinajstić information content (AvgIpc) is 3.18. The van der Waals surface area contributed by atoms with Crippen molar-refractivity contribution in [3.8, 4) is 16.3 Å². The minimum absolute atomic E-state index is 0.0132. The molecule has 0 unspecified atom stereocenters. The van der Waals surface area contributed by atoms with Crippen molar-refractivity contribution in [1.29, 1.82) is 0 Å². The lowest BCUT2D eigenvalue weighted by Gasteiger charge is -2.15. The van der Waals surface area contributed by atoms with Crippen LogP contribution < -0.4 is 10.1 Å². The first-order chi connectivity index (χ1) is 13.5. The van der Waals surface area contributed by atoms with Crippen LogP contribution in [0, 0.1) is 0 Å². The molecule has 3 rings (SSSR count). The normalized spacial score (nSPS) is 10.4. The smallest absolute Gasteiger partial charge is 0.275 e. The number of hydrogen-bond acceptors (Lipinski definition) is 5. The third-order valence-electron chi connectivity index (χ3n) is 4.22. The summed E-state index contributed by atoms with van der Waals surface area (Å²) in [6.45, 7) is 2.00. The van der Waals surface area contributed by atoms with E-state index in [1.165, 1.54) is 18.3 Å². The van der Waals surface area contributed by atoms with Gasteiger partial charge in [0, 0.05) is 31.6 Å². The van der Waals surface area contributed by atoms with Crippen molar-refractivity contribution in [3.05, 3.63) is 65.2 Å². The predicted octanol–water partition coefficient (Wildman–Crippen LogP) is 4.05. The van der Waals surface area contributed by atoms with Crippen molar-refractivity contribution in [1.82, 2.24) is 9.88 Å². The van der Waals surface area contributed by atoms with Gasteiger partial charge in [0.15, 0.2) is 0 Å². The van der Waals surface area contributed by atoms with Crippen LogP contribution in [-0.4, -0.2) is 35.9 Å². The monoisotopic (exact) mass is 395 g/mol. The van der Waals surface area contributed by atoms with Gasteiger partial charge in [-0.2, -0.15) is 0 Å². The molecule has 2 aromatic carbocycles. The second-order valence-corrected chi connectivity index (χ2v) is 7.13. The highest BCUT2D eigenvalue weighted by molar-refractivity contribution is 7.13. The summed E-state index contributed by atoms with van der Waals surface area (Å²) >= 11 is 1.39. The van der Waals surface area contributed by atoms with E-state index in [1.54, 1.807) is 24.4 Å². The van der Waals surface area contributed by atoms with Crippen LogP contribution in [0.2, 0.25) is 0 Å². The number of hydrogen-bond donors (Lipinski definition) is 1. The third-order valence-corrected chi connectivity index (χ3v) is 5.09. The highest BCUT2D eigenvalue weighted by atomic mass is 32.1. The standard InChI is InChI=1S/C21H21N3O3S/c1-14(25)24(2)12-15-7-6-8-16(11-15)22-20(26)18-13-28-21(23-18)17-9-4-5-10-19(17)27-3/h4-11,13H,12H2,1-3H3,(H,22,26). The van der Waals surface area contributed by atoms with Gasteiger partial charge in [0.05, 0.1) is 12.7 Å². The maximum atomic E-state index is 12.6. The summed E-state index contributed by atoms with van der Waals surface area (Å²) < 4.78 is 5.36. The van der Waals surface area contributed by atoms with E-state index in [0.29, 0.717) is 23.7 Å². The number of nitrogens with zero attached hydrogens (tertiary/aromatic N) is 2. The van der Waals surface area contributed by atoms with Gasteiger partial charge >= 0.3 is 0 Å². The van der Waals surface area contributed by atoms with Crippen LogP contribution in [0.25, 0.3) is 10.6 Å². The van der Waals surface area contributed by atoms with Gasteiger partial charge < -0.3 is 15.0 Å². The Labute approximate surface area is 167 Å². The van der Waals surface area contributed by atoms with E-state index in [4.69, 9.17) is 4.74 Å². The molecule has 0 spiro atoms. The number of ether oxygens (including phenoxy) is 1. The molecular formula is C21H21N3O3S. The van der Waals surface area contributed by atoms with Gasteiger partial charge in [-0.05, 0) is 29.8 Å². The number of carbonyl (C=O) groups is 2. The van der Waals surface area contributed by atoms with Crippen molar-refractivity contribution in [2.24, 2.45) is 0 Å². The lowest BCUT2D eigenvalue weighted by Crippen LogP contribution is -2.23. The molecule has 1 aromatic heterocycles. The first-order valence-electron chi connectivity index (χ1n) is 8.69. The van der Waals surface area contributed by atoms with Crippen LogP contribution in [0.1, 0.15) is 23.0 Å². The molecule has 0 bridgehead atoms. The van der Waals surface area contributed by atoms with Crippen LogP contribution in [0.5, 0.6) is 5.75 Å². The zero-order valence-corrected chi connectivity index (χ0v) is 16.7. The zero-order valence-electron chi connectivity index (χ0n) is 15.9. The average molecular weight is 395 g/mol. The van der Waals surface area contributed by atoms with E-state index in [9.17, 15) is 9.59 Å². The molecule has 0 aliphatic rings. The summed E-state index contributed by atoms with van der Waals surface area (Å²) in [6, 6.07) is 15.0. The Balaban J connectivity index is 1.74. The number of benzene rings is 2.